The lowest BCUT2D eigenvalue weighted by Crippen LogP contribution is -2.53. The molecule has 0 radical (unpaired) electrons. The summed E-state index contributed by atoms with van der Waals surface area (Å²) >= 11 is 0. The Kier molecular flexibility index (Phi) is 4.27. The molecule has 1 aliphatic carbocycles. The zero-order valence-corrected chi connectivity index (χ0v) is 12.5. The molecular formula is C13H23N5O2. The number of aryl methyl sites for hydroxylation is 1. The Balaban J connectivity index is 1.63. The fraction of sp³-hybridized carbons (Fsp3) is 0.769. The summed E-state index contributed by atoms with van der Waals surface area (Å²) < 4.78 is 6.98. The Morgan fingerprint density at radius 2 is 2.15 bits per heavy atom. The monoisotopic (exact) mass is 281 g/mol. The van der Waals surface area contributed by atoms with Crippen molar-refractivity contribution in [2.24, 2.45) is 7.05 Å². The molecule has 0 spiro atoms. The lowest BCUT2D eigenvalue weighted by atomic mass is 9.87. The maximum Gasteiger partial charge on any atom is 0.407 e. The van der Waals surface area contributed by atoms with Gasteiger partial charge in [-0.1, -0.05) is 5.21 Å². The quantitative estimate of drug-likeness (QED) is 0.859. The highest BCUT2D eigenvalue weighted by molar-refractivity contribution is 5.68. The third-order valence-electron chi connectivity index (χ3n) is 3.24. The van der Waals surface area contributed by atoms with E-state index in [1.54, 1.807) is 10.9 Å². The molecule has 0 atom stereocenters. The number of amides is 1. The van der Waals surface area contributed by atoms with Gasteiger partial charge in [0, 0.05) is 25.7 Å². The van der Waals surface area contributed by atoms with E-state index in [4.69, 9.17) is 4.74 Å². The minimum absolute atomic E-state index is 0.201. The summed E-state index contributed by atoms with van der Waals surface area (Å²) in [5, 5.41) is 14.0. The van der Waals surface area contributed by atoms with E-state index in [-0.39, 0.29) is 12.1 Å². The predicted octanol–water partition coefficient (Wildman–Crippen LogP) is 0.960. The first kappa shape index (κ1) is 14.8. The third kappa shape index (κ3) is 4.19. The molecule has 1 saturated carbocycles. The Morgan fingerprint density at radius 3 is 2.70 bits per heavy atom. The number of rotatable bonds is 4. The molecule has 0 bridgehead atoms. The van der Waals surface area contributed by atoms with E-state index in [0.29, 0.717) is 6.04 Å². The average molecular weight is 281 g/mol. The number of aromatic nitrogens is 3. The lowest BCUT2D eigenvalue weighted by Gasteiger charge is -2.36. The van der Waals surface area contributed by atoms with Crippen molar-refractivity contribution in [1.82, 2.24) is 25.6 Å². The van der Waals surface area contributed by atoms with Crippen LogP contribution in [-0.2, 0) is 18.3 Å². The minimum Gasteiger partial charge on any atom is -0.444 e. The van der Waals surface area contributed by atoms with Crippen LogP contribution in [0, 0.1) is 0 Å². The molecule has 20 heavy (non-hydrogen) atoms. The number of alkyl carbamates (subject to hydrolysis) is 1. The number of carbonyl (C=O) groups excluding carboxylic acids is 1. The standard InChI is InChI=1S/C13H23N5O2/c1-13(2,3)20-12(19)16-10-5-9(6-10)14-7-11-8-15-17-18(11)4/h8-10,14H,5-7H2,1-4H3,(H,16,19). The summed E-state index contributed by atoms with van der Waals surface area (Å²) in [6.45, 7) is 6.33. The second kappa shape index (κ2) is 5.78. The molecule has 0 aromatic carbocycles. The molecule has 1 aliphatic rings. The van der Waals surface area contributed by atoms with Crippen molar-refractivity contribution in [3.05, 3.63) is 11.9 Å². The van der Waals surface area contributed by atoms with Crippen LogP contribution in [0.25, 0.3) is 0 Å². The molecule has 0 aliphatic heterocycles. The van der Waals surface area contributed by atoms with Crippen molar-refractivity contribution < 1.29 is 9.53 Å². The van der Waals surface area contributed by atoms with E-state index >= 15 is 0 Å². The molecule has 7 heteroatoms. The van der Waals surface area contributed by atoms with E-state index < -0.39 is 5.60 Å². The molecule has 2 N–H and O–H groups in total. The van der Waals surface area contributed by atoms with Crippen molar-refractivity contribution >= 4 is 6.09 Å². The van der Waals surface area contributed by atoms with Crippen molar-refractivity contribution in [1.29, 1.82) is 0 Å². The highest BCUT2D eigenvalue weighted by atomic mass is 16.6. The smallest absolute Gasteiger partial charge is 0.407 e. The van der Waals surface area contributed by atoms with Crippen LogP contribution in [0.15, 0.2) is 6.20 Å². The largest absolute Gasteiger partial charge is 0.444 e. The first-order valence-electron chi connectivity index (χ1n) is 6.90. The van der Waals surface area contributed by atoms with Gasteiger partial charge >= 0.3 is 6.09 Å². The first-order valence-corrected chi connectivity index (χ1v) is 6.90. The fourth-order valence-electron chi connectivity index (χ4n) is 2.10. The maximum absolute atomic E-state index is 11.6. The number of nitrogens with zero attached hydrogens (tertiary/aromatic N) is 3. The van der Waals surface area contributed by atoms with Crippen LogP contribution in [0.1, 0.15) is 39.3 Å². The SMILES string of the molecule is Cn1nncc1CNC1CC(NC(=O)OC(C)(C)C)C1. The van der Waals surface area contributed by atoms with Gasteiger partial charge in [-0.2, -0.15) is 0 Å². The first-order chi connectivity index (χ1) is 9.33. The molecule has 1 heterocycles. The molecule has 2 rings (SSSR count). The summed E-state index contributed by atoms with van der Waals surface area (Å²) in [6.07, 6.45) is 3.26. The van der Waals surface area contributed by atoms with Crippen LogP contribution >= 0.6 is 0 Å². The van der Waals surface area contributed by atoms with E-state index in [2.05, 4.69) is 20.9 Å². The molecule has 1 fully saturated rings. The number of ether oxygens (including phenoxy) is 1. The molecule has 7 nitrogen and oxygen atoms in total. The Morgan fingerprint density at radius 1 is 1.45 bits per heavy atom. The van der Waals surface area contributed by atoms with Gasteiger partial charge in [-0.05, 0) is 33.6 Å². The zero-order chi connectivity index (χ0) is 14.8. The highest BCUT2D eigenvalue weighted by Gasteiger charge is 2.31. The maximum atomic E-state index is 11.6. The lowest BCUT2D eigenvalue weighted by molar-refractivity contribution is 0.0465. The van der Waals surface area contributed by atoms with Crippen LogP contribution < -0.4 is 10.6 Å². The minimum atomic E-state index is -0.446. The number of carbonyl (C=O) groups is 1. The van der Waals surface area contributed by atoms with E-state index in [0.717, 1.165) is 25.1 Å². The molecule has 1 amide bonds. The van der Waals surface area contributed by atoms with Gasteiger partial charge in [0.15, 0.2) is 0 Å². The second-order valence-electron chi connectivity index (χ2n) is 6.24. The van der Waals surface area contributed by atoms with Crippen LogP contribution in [0.4, 0.5) is 4.79 Å². The van der Waals surface area contributed by atoms with Gasteiger partial charge in [0.1, 0.15) is 5.60 Å². The summed E-state index contributed by atoms with van der Waals surface area (Å²) in [7, 11) is 1.87. The normalized spacial score (nSPS) is 22.2. The van der Waals surface area contributed by atoms with Crippen LogP contribution in [0.2, 0.25) is 0 Å². The molecule has 112 valence electrons. The van der Waals surface area contributed by atoms with Crippen molar-refractivity contribution in [2.45, 2.75) is 57.8 Å². The van der Waals surface area contributed by atoms with Gasteiger partial charge in [0.25, 0.3) is 0 Å². The second-order valence-corrected chi connectivity index (χ2v) is 6.24. The van der Waals surface area contributed by atoms with E-state index in [1.807, 2.05) is 27.8 Å². The fourth-order valence-corrected chi connectivity index (χ4v) is 2.10. The molecule has 1 aromatic heterocycles. The Bertz CT molecular complexity index is 460. The molecule has 0 unspecified atom stereocenters. The van der Waals surface area contributed by atoms with Crippen LogP contribution in [-0.4, -0.2) is 38.8 Å². The van der Waals surface area contributed by atoms with Gasteiger partial charge < -0.3 is 15.4 Å². The topological polar surface area (TPSA) is 81.1 Å². The zero-order valence-electron chi connectivity index (χ0n) is 12.5. The number of hydrogen-bond acceptors (Lipinski definition) is 5. The van der Waals surface area contributed by atoms with Gasteiger partial charge in [-0.15, -0.1) is 5.10 Å². The summed E-state index contributed by atoms with van der Waals surface area (Å²) in [6, 6.07) is 0.622. The van der Waals surface area contributed by atoms with Gasteiger partial charge in [-0.25, -0.2) is 4.79 Å². The van der Waals surface area contributed by atoms with Crippen molar-refractivity contribution in [2.75, 3.05) is 0 Å². The van der Waals surface area contributed by atoms with E-state index in [1.165, 1.54) is 0 Å². The summed E-state index contributed by atoms with van der Waals surface area (Å²) in [5.41, 5.74) is 0.603. The Hall–Kier alpha value is -1.63. The van der Waals surface area contributed by atoms with Crippen molar-refractivity contribution in [3.8, 4) is 0 Å². The van der Waals surface area contributed by atoms with E-state index in [9.17, 15) is 4.79 Å². The van der Waals surface area contributed by atoms with Gasteiger partial charge in [0.2, 0.25) is 0 Å². The average Bonchev–Trinajstić information content (AvgIpc) is 2.64. The number of nitrogens with one attached hydrogen (secondary N) is 2. The Labute approximate surface area is 119 Å². The van der Waals surface area contributed by atoms with Crippen molar-refractivity contribution in [3.63, 3.8) is 0 Å². The molecule has 0 saturated heterocycles. The third-order valence-corrected chi connectivity index (χ3v) is 3.24. The summed E-state index contributed by atoms with van der Waals surface area (Å²) in [5.74, 6) is 0. The van der Waals surface area contributed by atoms with Crippen LogP contribution in [0.5, 0.6) is 0 Å². The predicted molar refractivity (Wildman–Crippen MR) is 74.0 cm³/mol. The highest BCUT2D eigenvalue weighted by Crippen LogP contribution is 2.21. The molecule has 1 aromatic rings. The van der Waals surface area contributed by atoms with Crippen LogP contribution in [0.3, 0.4) is 0 Å². The molecular weight excluding hydrogens is 258 g/mol. The van der Waals surface area contributed by atoms with Gasteiger partial charge in [-0.3, -0.25) is 4.68 Å². The number of hydrogen-bond donors (Lipinski definition) is 2. The summed E-state index contributed by atoms with van der Waals surface area (Å²) in [4.78, 5) is 11.6. The van der Waals surface area contributed by atoms with Gasteiger partial charge in [0.05, 0.1) is 11.9 Å².